The summed E-state index contributed by atoms with van der Waals surface area (Å²) in [6.07, 6.45) is 5.41. The van der Waals surface area contributed by atoms with Gasteiger partial charge in [0.1, 0.15) is 0 Å². The molecule has 0 aromatic carbocycles. The molecule has 0 rings (SSSR count). The van der Waals surface area contributed by atoms with E-state index in [0.29, 0.717) is 11.8 Å². The van der Waals surface area contributed by atoms with E-state index in [9.17, 15) is 0 Å². The van der Waals surface area contributed by atoms with Crippen molar-refractivity contribution >= 4 is 0 Å². The topological polar surface area (TPSA) is 9.23 Å². The van der Waals surface area contributed by atoms with Crippen LogP contribution in [0.4, 0.5) is 0 Å². The van der Waals surface area contributed by atoms with Gasteiger partial charge in [-0.2, -0.15) is 0 Å². The normalized spacial score (nSPS) is 14.9. The standard InChI is InChI=1S/C12H20O/c1-5-11(3)7-9-13-10-8-12(4)6-2/h1-2,5-6,11-12H,7-10H2,3-4H3. The summed E-state index contributed by atoms with van der Waals surface area (Å²) in [5, 5.41) is 0. The molecule has 1 heteroatoms. The van der Waals surface area contributed by atoms with Crippen molar-refractivity contribution < 1.29 is 4.74 Å². The van der Waals surface area contributed by atoms with Crippen LogP contribution in [0.2, 0.25) is 0 Å². The number of hydrogen-bond acceptors (Lipinski definition) is 1. The van der Waals surface area contributed by atoms with Gasteiger partial charge in [-0.25, -0.2) is 0 Å². The summed E-state index contributed by atoms with van der Waals surface area (Å²) in [5.74, 6) is 0.886. The van der Waals surface area contributed by atoms with E-state index < -0.39 is 0 Å². The van der Waals surface area contributed by atoms with Crippen LogP contribution in [0.25, 0.3) is 0 Å². The van der Waals surface area contributed by atoms with Gasteiger partial charge < -0.3 is 4.74 Å². The lowest BCUT2D eigenvalue weighted by atomic mass is 10.1. The molecule has 0 bridgehead atoms. The van der Waals surface area contributed by atoms with Crippen LogP contribution in [0.15, 0.2) is 12.2 Å². The molecule has 0 fully saturated rings. The highest BCUT2D eigenvalue weighted by Crippen LogP contribution is 2.05. The van der Waals surface area contributed by atoms with Gasteiger partial charge in [0, 0.05) is 13.2 Å². The molecule has 1 nitrogen and oxygen atoms in total. The molecule has 0 aromatic heterocycles. The summed E-state index contributed by atoms with van der Waals surface area (Å²) in [5.41, 5.74) is 0. The second-order valence-electron chi connectivity index (χ2n) is 3.53. The van der Waals surface area contributed by atoms with Gasteiger partial charge in [0.25, 0.3) is 0 Å². The Hall–Kier alpha value is -0.560. The Morgan fingerprint density at radius 3 is 1.69 bits per heavy atom. The van der Waals surface area contributed by atoms with Crippen LogP contribution >= 0.6 is 0 Å². The summed E-state index contributed by atoms with van der Waals surface area (Å²) >= 11 is 0. The Morgan fingerprint density at radius 1 is 1.00 bits per heavy atom. The Bertz CT molecular complexity index is 124. The number of hydrogen-bond donors (Lipinski definition) is 0. The molecule has 0 aliphatic rings. The highest BCUT2D eigenvalue weighted by Gasteiger charge is 1.98. The molecule has 2 atom stereocenters. The maximum Gasteiger partial charge on any atom is 0.0471 e. The van der Waals surface area contributed by atoms with E-state index in [4.69, 9.17) is 17.9 Å². The first-order valence-corrected chi connectivity index (χ1v) is 4.88. The van der Waals surface area contributed by atoms with Crippen molar-refractivity contribution in [1.82, 2.24) is 0 Å². The molecule has 2 unspecified atom stereocenters. The molecule has 0 aromatic rings. The van der Waals surface area contributed by atoms with E-state index in [2.05, 4.69) is 13.8 Å². The minimum Gasteiger partial charge on any atom is -0.381 e. The monoisotopic (exact) mass is 180 g/mol. The fourth-order valence-electron chi connectivity index (χ4n) is 0.833. The molecule has 0 spiro atoms. The minimum atomic E-state index is 0.443. The largest absolute Gasteiger partial charge is 0.381 e. The van der Waals surface area contributed by atoms with Gasteiger partial charge in [-0.05, 0) is 24.7 Å². The van der Waals surface area contributed by atoms with Crippen molar-refractivity contribution in [2.24, 2.45) is 11.8 Å². The van der Waals surface area contributed by atoms with Gasteiger partial charge in [0.2, 0.25) is 0 Å². The predicted molar refractivity (Wildman–Crippen MR) is 56.1 cm³/mol. The van der Waals surface area contributed by atoms with Crippen LogP contribution < -0.4 is 0 Å². The second kappa shape index (κ2) is 8.06. The van der Waals surface area contributed by atoms with Gasteiger partial charge in [0.05, 0.1) is 0 Å². The predicted octanol–water partition coefficient (Wildman–Crippen LogP) is 3.03. The van der Waals surface area contributed by atoms with Gasteiger partial charge in [-0.15, -0.1) is 0 Å². The average Bonchev–Trinajstić information content (AvgIpc) is 2.16. The SMILES string of the molecule is [CH]=CC(C)CCOCCC(C)C=[CH]. The van der Waals surface area contributed by atoms with E-state index in [1.54, 1.807) is 12.2 Å². The second-order valence-corrected chi connectivity index (χ2v) is 3.53. The van der Waals surface area contributed by atoms with E-state index >= 15 is 0 Å². The first-order chi connectivity index (χ1) is 6.20. The summed E-state index contributed by atoms with van der Waals surface area (Å²) in [6, 6.07) is 0. The summed E-state index contributed by atoms with van der Waals surface area (Å²) in [4.78, 5) is 0. The highest BCUT2D eigenvalue weighted by atomic mass is 16.5. The van der Waals surface area contributed by atoms with Crippen LogP contribution in [-0.2, 0) is 4.74 Å². The number of rotatable bonds is 8. The summed E-state index contributed by atoms with van der Waals surface area (Å²) in [7, 11) is 0. The molecule has 2 radical (unpaired) electrons. The molecule has 0 amide bonds. The van der Waals surface area contributed by atoms with Crippen molar-refractivity contribution in [1.29, 1.82) is 0 Å². The van der Waals surface area contributed by atoms with Gasteiger partial charge >= 0.3 is 0 Å². The molecular formula is C12H20O. The Labute approximate surface area is 82.5 Å². The van der Waals surface area contributed by atoms with Crippen LogP contribution in [0, 0.1) is 25.0 Å². The molecule has 0 saturated heterocycles. The maximum atomic E-state index is 5.43. The highest BCUT2D eigenvalue weighted by molar-refractivity contribution is 4.72. The van der Waals surface area contributed by atoms with Crippen LogP contribution in [0.3, 0.4) is 0 Å². The van der Waals surface area contributed by atoms with Crippen LogP contribution in [0.1, 0.15) is 26.7 Å². The lowest BCUT2D eigenvalue weighted by Crippen LogP contribution is -2.03. The lowest BCUT2D eigenvalue weighted by molar-refractivity contribution is 0.118. The number of allylic oxidation sites excluding steroid dienone is 2. The molecule has 0 aliphatic carbocycles. The Morgan fingerprint density at radius 2 is 1.38 bits per heavy atom. The lowest BCUT2D eigenvalue weighted by Gasteiger charge is -2.08. The Balaban J connectivity index is 3.16. The van der Waals surface area contributed by atoms with E-state index in [1.807, 2.05) is 0 Å². The Kier molecular flexibility index (Phi) is 7.71. The zero-order chi connectivity index (χ0) is 10.1. The van der Waals surface area contributed by atoms with Crippen molar-refractivity contribution in [2.75, 3.05) is 13.2 Å². The zero-order valence-corrected chi connectivity index (χ0v) is 8.70. The fourth-order valence-corrected chi connectivity index (χ4v) is 0.833. The van der Waals surface area contributed by atoms with Gasteiger partial charge in [-0.1, -0.05) is 39.2 Å². The fraction of sp³-hybridized carbons (Fsp3) is 0.667. The van der Waals surface area contributed by atoms with Crippen molar-refractivity contribution in [2.45, 2.75) is 26.7 Å². The van der Waals surface area contributed by atoms with E-state index in [-0.39, 0.29) is 0 Å². The third-order valence-electron chi connectivity index (χ3n) is 2.09. The zero-order valence-electron chi connectivity index (χ0n) is 8.70. The average molecular weight is 180 g/mol. The first-order valence-electron chi connectivity index (χ1n) is 4.88. The third-order valence-corrected chi connectivity index (χ3v) is 2.09. The van der Waals surface area contributed by atoms with Crippen molar-refractivity contribution in [3.63, 3.8) is 0 Å². The molecule has 13 heavy (non-hydrogen) atoms. The van der Waals surface area contributed by atoms with E-state index in [0.717, 1.165) is 26.1 Å². The molecule has 0 heterocycles. The van der Waals surface area contributed by atoms with Gasteiger partial charge in [0.15, 0.2) is 0 Å². The molecular weight excluding hydrogens is 160 g/mol. The summed E-state index contributed by atoms with van der Waals surface area (Å²) in [6.45, 7) is 16.4. The minimum absolute atomic E-state index is 0.443. The maximum absolute atomic E-state index is 5.43. The van der Waals surface area contributed by atoms with Crippen LogP contribution in [-0.4, -0.2) is 13.2 Å². The van der Waals surface area contributed by atoms with Crippen molar-refractivity contribution in [3.8, 4) is 0 Å². The van der Waals surface area contributed by atoms with E-state index in [1.165, 1.54) is 0 Å². The first kappa shape index (κ1) is 12.4. The molecule has 0 N–H and O–H groups in total. The van der Waals surface area contributed by atoms with Gasteiger partial charge in [-0.3, -0.25) is 0 Å². The molecule has 0 aliphatic heterocycles. The molecule has 0 saturated carbocycles. The smallest absolute Gasteiger partial charge is 0.0471 e. The van der Waals surface area contributed by atoms with Crippen molar-refractivity contribution in [3.05, 3.63) is 25.3 Å². The number of ether oxygens (including phenoxy) is 1. The summed E-state index contributed by atoms with van der Waals surface area (Å²) < 4.78 is 5.43. The quantitative estimate of drug-likeness (QED) is 0.522. The van der Waals surface area contributed by atoms with Crippen LogP contribution in [0.5, 0.6) is 0 Å². The molecule has 74 valence electrons. The third kappa shape index (κ3) is 7.79.